The molecule has 3 nitrogen and oxygen atoms in total. The minimum Gasteiger partial charge on any atom is -0.412 e. The Hall–Kier alpha value is -1.71. The Kier molecular flexibility index (Phi) is 16.8. The molecule has 0 bridgehead atoms. The van der Waals surface area contributed by atoms with Gasteiger partial charge in [-0.3, -0.25) is 4.98 Å². The van der Waals surface area contributed by atoms with Crippen molar-refractivity contribution in [2.75, 3.05) is 19.6 Å². The van der Waals surface area contributed by atoms with Crippen LogP contribution in [0.3, 0.4) is 0 Å². The van der Waals surface area contributed by atoms with E-state index in [0.29, 0.717) is 0 Å². The van der Waals surface area contributed by atoms with Crippen molar-refractivity contribution in [1.29, 1.82) is 0 Å². The predicted octanol–water partition coefficient (Wildman–Crippen LogP) is 3.60. The van der Waals surface area contributed by atoms with Crippen molar-refractivity contribution in [3.05, 3.63) is 66.5 Å². The van der Waals surface area contributed by atoms with E-state index in [0.717, 1.165) is 0 Å². The molecule has 0 radical (unpaired) electrons. The van der Waals surface area contributed by atoms with Gasteiger partial charge in [0.05, 0.1) is 0 Å². The molecular formula is C18H30N2O. The van der Waals surface area contributed by atoms with Gasteiger partial charge in [-0.1, -0.05) is 62.7 Å². The van der Waals surface area contributed by atoms with Gasteiger partial charge >= 0.3 is 0 Å². The first-order valence-electron chi connectivity index (χ1n) is 7.33. The lowest BCUT2D eigenvalue weighted by atomic mass is 10.2. The van der Waals surface area contributed by atoms with Gasteiger partial charge in [0.25, 0.3) is 0 Å². The molecule has 0 spiro atoms. The Labute approximate surface area is 130 Å². The number of aromatic nitrogens is 1. The number of hydrogen-bond donors (Lipinski definition) is 0. The number of aryl methyl sites for hydroxylation is 1. The van der Waals surface area contributed by atoms with Gasteiger partial charge in [-0.25, -0.2) is 0 Å². The lowest BCUT2D eigenvalue weighted by molar-refractivity contribution is 0.321. The third-order valence-electron chi connectivity index (χ3n) is 2.85. The first kappa shape index (κ1) is 21.6. The SMILES string of the molecule is CCN(CC)CC.Cc1ccccc1.O.c1ccncc1. The van der Waals surface area contributed by atoms with Gasteiger partial charge in [-0.05, 0) is 38.7 Å². The molecule has 0 saturated heterocycles. The number of rotatable bonds is 3. The van der Waals surface area contributed by atoms with Crippen molar-refractivity contribution in [3.8, 4) is 0 Å². The molecule has 0 saturated carbocycles. The van der Waals surface area contributed by atoms with Crippen LogP contribution in [0.25, 0.3) is 0 Å². The Morgan fingerprint density at radius 2 is 1.19 bits per heavy atom. The lowest BCUT2D eigenvalue weighted by Gasteiger charge is -2.13. The zero-order chi connectivity index (χ0) is 15.1. The smallest absolute Gasteiger partial charge is 0.0267 e. The average Bonchev–Trinajstić information content (AvgIpc) is 2.53. The Morgan fingerprint density at radius 3 is 1.33 bits per heavy atom. The third kappa shape index (κ3) is 14.5. The van der Waals surface area contributed by atoms with Gasteiger partial charge in [0.15, 0.2) is 0 Å². The van der Waals surface area contributed by atoms with Crippen LogP contribution < -0.4 is 0 Å². The quantitative estimate of drug-likeness (QED) is 0.867. The van der Waals surface area contributed by atoms with Crippen molar-refractivity contribution in [2.45, 2.75) is 27.7 Å². The van der Waals surface area contributed by atoms with Crippen LogP contribution in [-0.4, -0.2) is 35.0 Å². The summed E-state index contributed by atoms with van der Waals surface area (Å²) in [4.78, 5) is 6.16. The van der Waals surface area contributed by atoms with Crippen molar-refractivity contribution in [3.63, 3.8) is 0 Å². The maximum absolute atomic E-state index is 3.78. The zero-order valence-corrected chi connectivity index (χ0v) is 13.8. The lowest BCUT2D eigenvalue weighted by Crippen LogP contribution is -2.21. The largest absolute Gasteiger partial charge is 0.412 e. The Bertz CT molecular complexity index is 356. The monoisotopic (exact) mass is 290 g/mol. The number of hydrogen-bond acceptors (Lipinski definition) is 2. The van der Waals surface area contributed by atoms with Crippen molar-refractivity contribution < 1.29 is 5.48 Å². The van der Waals surface area contributed by atoms with Crippen LogP contribution in [0.5, 0.6) is 0 Å². The van der Waals surface area contributed by atoms with E-state index >= 15 is 0 Å². The summed E-state index contributed by atoms with van der Waals surface area (Å²) in [5.74, 6) is 0. The van der Waals surface area contributed by atoms with Crippen LogP contribution in [0.1, 0.15) is 26.3 Å². The molecule has 2 rings (SSSR count). The molecule has 1 heterocycles. The van der Waals surface area contributed by atoms with Crippen molar-refractivity contribution in [2.24, 2.45) is 0 Å². The fraction of sp³-hybridized carbons (Fsp3) is 0.389. The van der Waals surface area contributed by atoms with E-state index in [9.17, 15) is 0 Å². The molecule has 0 atom stereocenters. The van der Waals surface area contributed by atoms with Gasteiger partial charge in [0.2, 0.25) is 0 Å². The van der Waals surface area contributed by atoms with E-state index in [1.165, 1.54) is 25.2 Å². The van der Waals surface area contributed by atoms with Gasteiger partial charge in [-0.15, -0.1) is 0 Å². The second kappa shape index (κ2) is 16.3. The summed E-state index contributed by atoms with van der Waals surface area (Å²) >= 11 is 0. The van der Waals surface area contributed by atoms with Gasteiger partial charge in [0, 0.05) is 12.4 Å². The summed E-state index contributed by atoms with van der Waals surface area (Å²) in [6.07, 6.45) is 3.50. The molecule has 118 valence electrons. The topological polar surface area (TPSA) is 47.6 Å². The van der Waals surface area contributed by atoms with Crippen molar-refractivity contribution in [1.82, 2.24) is 9.88 Å². The number of benzene rings is 1. The highest BCUT2D eigenvalue weighted by Gasteiger charge is 1.89. The molecule has 0 aliphatic carbocycles. The fourth-order valence-electron chi connectivity index (χ4n) is 1.52. The van der Waals surface area contributed by atoms with Gasteiger partial charge < -0.3 is 10.4 Å². The van der Waals surface area contributed by atoms with E-state index in [1.807, 2.05) is 36.4 Å². The summed E-state index contributed by atoms with van der Waals surface area (Å²) in [6, 6.07) is 16.0. The van der Waals surface area contributed by atoms with E-state index in [1.54, 1.807) is 12.4 Å². The summed E-state index contributed by atoms with van der Waals surface area (Å²) in [5, 5.41) is 0. The number of pyridine rings is 1. The summed E-state index contributed by atoms with van der Waals surface area (Å²) in [6.45, 7) is 12.2. The van der Waals surface area contributed by atoms with Crippen LogP contribution in [0.4, 0.5) is 0 Å². The van der Waals surface area contributed by atoms with Crippen LogP contribution >= 0.6 is 0 Å². The molecule has 2 aromatic rings. The predicted molar refractivity (Wildman–Crippen MR) is 92.5 cm³/mol. The summed E-state index contributed by atoms with van der Waals surface area (Å²) in [7, 11) is 0. The highest BCUT2D eigenvalue weighted by molar-refractivity contribution is 5.11. The van der Waals surface area contributed by atoms with Crippen LogP contribution in [-0.2, 0) is 0 Å². The molecule has 21 heavy (non-hydrogen) atoms. The highest BCUT2D eigenvalue weighted by atomic mass is 16.0. The molecule has 0 amide bonds. The van der Waals surface area contributed by atoms with E-state index < -0.39 is 0 Å². The van der Waals surface area contributed by atoms with Crippen LogP contribution in [0.2, 0.25) is 0 Å². The molecule has 0 aliphatic rings. The van der Waals surface area contributed by atoms with Crippen LogP contribution in [0, 0.1) is 6.92 Å². The molecule has 3 heteroatoms. The second-order valence-electron chi connectivity index (χ2n) is 4.30. The fourth-order valence-corrected chi connectivity index (χ4v) is 1.52. The number of nitrogens with zero attached hydrogens (tertiary/aromatic N) is 2. The van der Waals surface area contributed by atoms with Gasteiger partial charge in [0.1, 0.15) is 0 Å². The van der Waals surface area contributed by atoms with Gasteiger partial charge in [-0.2, -0.15) is 0 Å². The standard InChI is InChI=1S/C7H8.C6H15N.C5H5N.H2O/c1-7-5-3-2-4-6-7;1-4-7(5-2)6-3;1-2-4-6-5-3-1;/h2-6H,1H3;4-6H2,1-3H3;1-5H;1H2. The Balaban J connectivity index is 0. The normalized spacial score (nSPS) is 8.62. The van der Waals surface area contributed by atoms with E-state index in [-0.39, 0.29) is 5.48 Å². The maximum Gasteiger partial charge on any atom is 0.0267 e. The van der Waals surface area contributed by atoms with Crippen LogP contribution in [0.15, 0.2) is 60.9 Å². The first-order valence-corrected chi connectivity index (χ1v) is 7.33. The molecule has 2 N–H and O–H groups in total. The zero-order valence-electron chi connectivity index (χ0n) is 13.8. The maximum atomic E-state index is 3.78. The van der Waals surface area contributed by atoms with Crippen molar-refractivity contribution >= 4 is 0 Å². The minimum atomic E-state index is 0. The molecule has 0 unspecified atom stereocenters. The molecule has 1 aromatic carbocycles. The molecule has 1 aromatic heterocycles. The Morgan fingerprint density at radius 1 is 0.762 bits per heavy atom. The van der Waals surface area contributed by atoms with E-state index in [2.05, 4.69) is 49.7 Å². The molecular weight excluding hydrogens is 260 g/mol. The van der Waals surface area contributed by atoms with E-state index in [4.69, 9.17) is 0 Å². The third-order valence-corrected chi connectivity index (χ3v) is 2.85. The highest BCUT2D eigenvalue weighted by Crippen LogP contribution is 1.92. The molecule has 0 fully saturated rings. The second-order valence-corrected chi connectivity index (χ2v) is 4.30. The molecule has 0 aliphatic heterocycles. The summed E-state index contributed by atoms with van der Waals surface area (Å²) in [5.41, 5.74) is 1.32. The minimum absolute atomic E-state index is 0. The average molecular weight is 290 g/mol. The first-order chi connectivity index (χ1) is 9.74. The summed E-state index contributed by atoms with van der Waals surface area (Å²) < 4.78 is 0.